The molecule has 1 atom stereocenters. The number of unbranched alkanes of at least 4 members (excludes halogenated alkanes) is 2. The fraction of sp³-hybridized carbons (Fsp3) is 0.417. The van der Waals surface area contributed by atoms with Gasteiger partial charge in [0, 0.05) is 31.1 Å². The largest absolute Gasteiger partial charge is 0.328 e. The minimum atomic E-state index is 0.140. The highest BCUT2D eigenvalue weighted by Crippen LogP contribution is 2.35. The van der Waals surface area contributed by atoms with E-state index < -0.39 is 0 Å². The summed E-state index contributed by atoms with van der Waals surface area (Å²) in [6.45, 7) is 8.11. The van der Waals surface area contributed by atoms with Gasteiger partial charge in [-0.1, -0.05) is 44.0 Å². The number of carbonyl (C=O) groups excluding carboxylic acids is 1. The van der Waals surface area contributed by atoms with E-state index in [-0.39, 0.29) is 11.8 Å². The maximum Gasteiger partial charge on any atom is 0.227 e. The van der Waals surface area contributed by atoms with Gasteiger partial charge in [-0.25, -0.2) is 4.98 Å². The Kier molecular flexibility index (Phi) is 5.21. The highest BCUT2D eigenvalue weighted by molar-refractivity contribution is 5.97. The van der Waals surface area contributed by atoms with Crippen LogP contribution in [-0.2, 0) is 11.3 Å². The fourth-order valence-electron chi connectivity index (χ4n) is 4.30. The molecule has 1 aromatic heterocycles. The van der Waals surface area contributed by atoms with Crippen LogP contribution in [0.1, 0.15) is 55.5 Å². The summed E-state index contributed by atoms with van der Waals surface area (Å²) in [5.74, 6) is 1.41. The first-order chi connectivity index (χ1) is 13.6. The van der Waals surface area contributed by atoms with Gasteiger partial charge in [-0.3, -0.25) is 4.79 Å². The second-order valence-electron chi connectivity index (χ2n) is 7.94. The number of para-hydroxylation sites is 2. The number of carbonyl (C=O) groups is 1. The van der Waals surface area contributed by atoms with Crippen LogP contribution in [0, 0.1) is 13.8 Å². The third kappa shape index (κ3) is 3.32. The molecule has 3 aromatic rings. The lowest BCUT2D eigenvalue weighted by Gasteiger charge is -2.20. The van der Waals surface area contributed by atoms with E-state index in [2.05, 4.69) is 55.7 Å². The maximum absolute atomic E-state index is 12.9. The lowest BCUT2D eigenvalue weighted by Crippen LogP contribution is -2.25. The number of anilines is 1. The highest BCUT2D eigenvalue weighted by Gasteiger charge is 2.35. The molecule has 1 aliphatic rings. The summed E-state index contributed by atoms with van der Waals surface area (Å²) in [5.41, 5.74) is 5.67. The second kappa shape index (κ2) is 7.78. The van der Waals surface area contributed by atoms with Crippen molar-refractivity contribution in [1.29, 1.82) is 0 Å². The molecule has 1 amide bonds. The minimum absolute atomic E-state index is 0.140. The molecule has 0 spiro atoms. The van der Waals surface area contributed by atoms with Crippen LogP contribution in [0.25, 0.3) is 11.0 Å². The van der Waals surface area contributed by atoms with Crippen molar-refractivity contribution in [2.24, 2.45) is 0 Å². The number of hydrogen-bond donors (Lipinski definition) is 0. The molecule has 4 nitrogen and oxygen atoms in total. The van der Waals surface area contributed by atoms with Gasteiger partial charge in [0.15, 0.2) is 0 Å². The van der Waals surface area contributed by atoms with Crippen LogP contribution >= 0.6 is 0 Å². The van der Waals surface area contributed by atoms with Crippen molar-refractivity contribution in [3.05, 3.63) is 59.4 Å². The van der Waals surface area contributed by atoms with E-state index in [4.69, 9.17) is 4.98 Å². The topological polar surface area (TPSA) is 38.1 Å². The third-order valence-corrected chi connectivity index (χ3v) is 6.03. The van der Waals surface area contributed by atoms with Crippen molar-refractivity contribution in [1.82, 2.24) is 9.55 Å². The molecule has 0 bridgehead atoms. The first-order valence-corrected chi connectivity index (χ1v) is 10.4. The Balaban J connectivity index is 1.68. The Bertz CT molecular complexity index is 1000. The zero-order valence-corrected chi connectivity index (χ0v) is 17.1. The first-order valence-electron chi connectivity index (χ1n) is 10.4. The van der Waals surface area contributed by atoms with Crippen LogP contribution in [0.2, 0.25) is 0 Å². The molecular weight excluding hydrogens is 346 g/mol. The van der Waals surface area contributed by atoms with Gasteiger partial charge >= 0.3 is 0 Å². The summed E-state index contributed by atoms with van der Waals surface area (Å²) in [6.07, 6.45) is 4.09. The number of hydrogen-bond acceptors (Lipinski definition) is 2. The maximum atomic E-state index is 12.9. The van der Waals surface area contributed by atoms with E-state index in [1.54, 1.807) is 0 Å². The van der Waals surface area contributed by atoms with E-state index in [9.17, 15) is 4.79 Å². The van der Waals surface area contributed by atoms with Crippen LogP contribution in [0.4, 0.5) is 5.69 Å². The van der Waals surface area contributed by atoms with Gasteiger partial charge in [0.05, 0.1) is 11.0 Å². The van der Waals surface area contributed by atoms with Gasteiger partial charge in [0.25, 0.3) is 0 Å². The van der Waals surface area contributed by atoms with Gasteiger partial charge in [-0.2, -0.15) is 0 Å². The lowest BCUT2D eigenvalue weighted by atomic mass is 10.1. The Morgan fingerprint density at radius 3 is 2.71 bits per heavy atom. The molecule has 1 aliphatic heterocycles. The average molecular weight is 376 g/mol. The summed E-state index contributed by atoms with van der Waals surface area (Å²) in [4.78, 5) is 19.8. The number of fused-ring (bicyclic) bond motifs is 1. The summed E-state index contributed by atoms with van der Waals surface area (Å²) < 4.78 is 2.36. The van der Waals surface area contributed by atoms with Gasteiger partial charge < -0.3 is 9.47 Å². The quantitative estimate of drug-likeness (QED) is 0.544. The molecule has 0 radical (unpaired) electrons. The number of aromatic nitrogens is 2. The van der Waals surface area contributed by atoms with Crippen LogP contribution in [0.15, 0.2) is 42.5 Å². The molecule has 28 heavy (non-hydrogen) atoms. The summed E-state index contributed by atoms with van der Waals surface area (Å²) in [6, 6.07) is 14.5. The molecular formula is C24H29N3O. The van der Waals surface area contributed by atoms with Crippen LogP contribution in [0.5, 0.6) is 0 Å². The summed E-state index contributed by atoms with van der Waals surface area (Å²) >= 11 is 0. The minimum Gasteiger partial charge on any atom is -0.328 e. The Morgan fingerprint density at radius 1 is 1.07 bits per heavy atom. The van der Waals surface area contributed by atoms with Crippen LogP contribution < -0.4 is 4.90 Å². The number of imidazole rings is 1. The number of rotatable bonds is 6. The van der Waals surface area contributed by atoms with Gasteiger partial charge in [-0.05, 0) is 49.6 Å². The standard InChI is InChI=1S/C24H29N3O/c1-4-5-8-14-26-22-12-7-6-11-20(22)25-24(26)19-15-23(28)27(16-19)21-13-9-10-17(2)18(21)3/h6-7,9-13,19H,4-5,8,14-16H2,1-3H3. The number of nitrogens with zero attached hydrogens (tertiary/aromatic N) is 3. The van der Waals surface area contributed by atoms with E-state index in [1.807, 2.05) is 17.0 Å². The Hall–Kier alpha value is -2.62. The predicted octanol–water partition coefficient (Wildman–Crippen LogP) is 5.36. The molecule has 4 heteroatoms. The zero-order valence-electron chi connectivity index (χ0n) is 17.1. The van der Waals surface area contributed by atoms with Crippen LogP contribution in [-0.4, -0.2) is 22.0 Å². The summed E-state index contributed by atoms with van der Waals surface area (Å²) in [5, 5.41) is 0. The first kappa shape index (κ1) is 18.7. The van der Waals surface area contributed by atoms with Crippen molar-refractivity contribution < 1.29 is 4.79 Å². The average Bonchev–Trinajstić information content (AvgIpc) is 3.25. The molecule has 1 unspecified atom stereocenters. The van der Waals surface area contributed by atoms with Gasteiger partial charge in [0.2, 0.25) is 5.91 Å². The molecule has 2 aromatic carbocycles. The predicted molar refractivity (Wildman–Crippen MR) is 115 cm³/mol. The molecule has 146 valence electrons. The van der Waals surface area contributed by atoms with Crippen molar-refractivity contribution in [2.75, 3.05) is 11.4 Å². The fourth-order valence-corrected chi connectivity index (χ4v) is 4.30. The van der Waals surface area contributed by atoms with Crippen molar-refractivity contribution in [3.8, 4) is 0 Å². The third-order valence-electron chi connectivity index (χ3n) is 6.03. The van der Waals surface area contributed by atoms with E-state index >= 15 is 0 Å². The Morgan fingerprint density at radius 2 is 1.89 bits per heavy atom. The van der Waals surface area contributed by atoms with E-state index in [1.165, 1.54) is 29.5 Å². The Labute approximate surface area is 167 Å². The van der Waals surface area contributed by atoms with Crippen molar-refractivity contribution in [2.45, 2.75) is 58.9 Å². The van der Waals surface area contributed by atoms with Crippen molar-refractivity contribution in [3.63, 3.8) is 0 Å². The van der Waals surface area contributed by atoms with Gasteiger partial charge in [-0.15, -0.1) is 0 Å². The molecule has 4 rings (SSSR count). The smallest absolute Gasteiger partial charge is 0.227 e. The number of benzene rings is 2. The second-order valence-corrected chi connectivity index (χ2v) is 7.94. The SMILES string of the molecule is CCCCCn1c(C2CC(=O)N(c3cccc(C)c3C)C2)nc2ccccc21. The molecule has 0 N–H and O–H groups in total. The monoisotopic (exact) mass is 375 g/mol. The molecule has 2 heterocycles. The highest BCUT2D eigenvalue weighted by atomic mass is 16.2. The number of amides is 1. The van der Waals surface area contributed by atoms with Crippen molar-refractivity contribution >= 4 is 22.6 Å². The normalized spacial score (nSPS) is 17.0. The molecule has 1 fully saturated rings. The molecule has 1 saturated heterocycles. The molecule has 0 aliphatic carbocycles. The zero-order chi connectivity index (χ0) is 19.7. The van der Waals surface area contributed by atoms with Gasteiger partial charge in [0.1, 0.15) is 5.82 Å². The summed E-state index contributed by atoms with van der Waals surface area (Å²) in [7, 11) is 0. The van der Waals surface area contributed by atoms with E-state index in [0.717, 1.165) is 30.0 Å². The van der Waals surface area contributed by atoms with E-state index in [0.29, 0.717) is 13.0 Å². The van der Waals surface area contributed by atoms with Crippen LogP contribution in [0.3, 0.4) is 0 Å². The number of aryl methyl sites for hydroxylation is 2. The lowest BCUT2D eigenvalue weighted by molar-refractivity contribution is -0.117. The molecule has 0 saturated carbocycles.